The molecule has 18 heavy (non-hydrogen) atoms. The fourth-order valence-corrected chi connectivity index (χ4v) is 3.05. The molecule has 0 spiro atoms. The molecule has 0 radical (unpaired) electrons. The minimum atomic E-state index is -0.0483. The van der Waals surface area contributed by atoms with E-state index < -0.39 is 0 Å². The first-order valence-corrected chi connectivity index (χ1v) is 6.80. The van der Waals surface area contributed by atoms with Crippen LogP contribution in [0.1, 0.15) is 29.9 Å². The van der Waals surface area contributed by atoms with Gasteiger partial charge in [0.2, 0.25) is 0 Å². The van der Waals surface area contributed by atoms with Gasteiger partial charge in [0.15, 0.2) is 0 Å². The zero-order valence-electron chi connectivity index (χ0n) is 10.5. The standard InChI is InChI=1S/C13H15N3OS/c1-13(2)9-16(5-6-18-13)12(17)11-4-3-10(7-14)8-15-11/h3-4,8H,5-6,9H2,1-2H3. The monoisotopic (exact) mass is 261 g/mol. The summed E-state index contributed by atoms with van der Waals surface area (Å²) in [7, 11) is 0. The van der Waals surface area contributed by atoms with Gasteiger partial charge in [-0.05, 0) is 26.0 Å². The van der Waals surface area contributed by atoms with Crippen molar-refractivity contribution in [3.63, 3.8) is 0 Å². The van der Waals surface area contributed by atoms with Crippen LogP contribution in [-0.4, -0.2) is 39.4 Å². The Morgan fingerprint density at radius 1 is 1.56 bits per heavy atom. The molecule has 0 aliphatic carbocycles. The number of carbonyl (C=O) groups is 1. The molecule has 0 saturated carbocycles. The summed E-state index contributed by atoms with van der Waals surface area (Å²) >= 11 is 1.89. The SMILES string of the molecule is CC1(C)CN(C(=O)c2ccc(C#N)cn2)CCS1. The van der Waals surface area contributed by atoms with Crippen molar-refractivity contribution in [1.29, 1.82) is 5.26 Å². The van der Waals surface area contributed by atoms with E-state index in [9.17, 15) is 4.79 Å². The predicted molar refractivity (Wildman–Crippen MR) is 71.4 cm³/mol. The average Bonchev–Trinajstić information content (AvgIpc) is 2.37. The Morgan fingerprint density at radius 3 is 2.89 bits per heavy atom. The molecule has 2 heterocycles. The van der Waals surface area contributed by atoms with Crippen molar-refractivity contribution in [3.05, 3.63) is 29.6 Å². The molecular formula is C13H15N3OS. The van der Waals surface area contributed by atoms with E-state index >= 15 is 0 Å². The smallest absolute Gasteiger partial charge is 0.272 e. The Labute approximate surface area is 111 Å². The van der Waals surface area contributed by atoms with Gasteiger partial charge in [-0.25, -0.2) is 4.98 Å². The lowest BCUT2D eigenvalue weighted by Crippen LogP contribution is -2.46. The Morgan fingerprint density at radius 2 is 2.33 bits per heavy atom. The van der Waals surface area contributed by atoms with Crippen molar-refractivity contribution >= 4 is 17.7 Å². The molecule has 1 aliphatic heterocycles. The van der Waals surface area contributed by atoms with Crippen molar-refractivity contribution in [2.75, 3.05) is 18.8 Å². The summed E-state index contributed by atoms with van der Waals surface area (Å²) in [4.78, 5) is 18.1. The Bertz CT molecular complexity index is 490. The molecule has 0 aromatic carbocycles. The van der Waals surface area contributed by atoms with Gasteiger partial charge in [0.1, 0.15) is 11.8 Å². The molecule has 1 aliphatic rings. The largest absolute Gasteiger partial charge is 0.335 e. The molecule has 94 valence electrons. The first kappa shape index (κ1) is 12.9. The van der Waals surface area contributed by atoms with E-state index in [0.717, 1.165) is 18.8 Å². The molecule has 1 aromatic heterocycles. The molecule has 1 aromatic rings. The van der Waals surface area contributed by atoms with Crippen LogP contribution in [0.15, 0.2) is 18.3 Å². The maximum atomic E-state index is 12.3. The number of hydrogen-bond acceptors (Lipinski definition) is 4. The third-order valence-corrected chi connectivity index (χ3v) is 4.12. The molecule has 4 nitrogen and oxygen atoms in total. The molecule has 0 bridgehead atoms. The first-order valence-electron chi connectivity index (χ1n) is 5.81. The van der Waals surface area contributed by atoms with Crippen molar-refractivity contribution in [3.8, 4) is 6.07 Å². The van der Waals surface area contributed by atoms with Crippen LogP contribution in [0.2, 0.25) is 0 Å². The van der Waals surface area contributed by atoms with Crippen LogP contribution in [0.5, 0.6) is 0 Å². The third-order valence-electron chi connectivity index (χ3n) is 2.82. The summed E-state index contributed by atoms with van der Waals surface area (Å²) < 4.78 is 0.0977. The normalized spacial score (nSPS) is 18.2. The van der Waals surface area contributed by atoms with Crippen molar-refractivity contribution < 1.29 is 4.79 Å². The van der Waals surface area contributed by atoms with E-state index in [1.54, 1.807) is 12.1 Å². The van der Waals surface area contributed by atoms with Crippen molar-refractivity contribution in [2.24, 2.45) is 0 Å². The fourth-order valence-electron chi connectivity index (χ4n) is 1.94. The molecule has 0 unspecified atom stereocenters. The van der Waals surface area contributed by atoms with Gasteiger partial charge in [0, 0.05) is 29.8 Å². The van der Waals surface area contributed by atoms with Crippen LogP contribution in [-0.2, 0) is 0 Å². The lowest BCUT2D eigenvalue weighted by molar-refractivity contribution is 0.0742. The second-order valence-electron chi connectivity index (χ2n) is 4.88. The zero-order valence-corrected chi connectivity index (χ0v) is 11.3. The lowest BCUT2D eigenvalue weighted by atomic mass is 10.1. The molecule has 1 amide bonds. The zero-order chi connectivity index (χ0) is 13.2. The predicted octanol–water partition coefficient (Wildman–Crippen LogP) is 1.92. The molecule has 2 rings (SSSR count). The number of rotatable bonds is 1. The molecule has 1 fully saturated rings. The van der Waals surface area contributed by atoms with E-state index in [-0.39, 0.29) is 10.7 Å². The summed E-state index contributed by atoms with van der Waals surface area (Å²) in [6.45, 7) is 5.78. The van der Waals surface area contributed by atoms with Crippen LogP contribution in [0.3, 0.4) is 0 Å². The van der Waals surface area contributed by atoms with Gasteiger partial charge in [-0.1, -0.05) is 0 Å². The maximum absolute atomic E-state index is 12.3. The highest BCUT2D eigenvalue weighted by Crippen LogP contribution is 2.29. The summed E-state index contributed by atoms with van der Waals surface area (Å²) in [5, 5.41) is 8.70. The number of amides is 1. The lowest BCUT2D eigenvalue weighted by Gasteiger charge is -2.37. The van der Waals surface area contributed by atoms with Gasteiger partial charge >= 0.3 is 0 Å². The van der Waals surface area contributed by atoms with Gasteiger partial charge in [-0.2, -0.15) is 17.0 Å². The van der Waals surface area contributed by atoms with Gasteiger partial charge in [0.05, 0.1) is 5.56 Å². The average molecular weight is 261 g/mol. The highest BCUT2D eigenvalue weighted by atomic mass is 32.2. The van der Waals surface area contributed by atoms with Crippen molar-refractivity contribution in [1.82, 2.24) is 9.88 Å². The molecule has 1 saturated heterocycles. The third kappa shape index (κ3) is 2.82. The molecular weight excluding hydrogens is 246 g/mol. The summed E-state index contributed by atoms with van der Waals surface area (Å²) in [5.41, 5.74) is 0.887. The molecule has 0 atom stereocenters. The quantitative estimate of drug-likeness (QED) is 0.775. The molecule has 0 N–H and O–H groups in total. The first-order chi connectivity index (χ1) is 8.52. The highest BCUT2D eigenvalue weighted by Gasteiger charge is 2.30. The maximum Gasteiger partial charge on any atom is 0.272 e. The van der Waals surface area contributed by atoms with Crippen LogP contribution in [0.25, 0.3) is 0 Å². The molecule has 5 heteroatoms. The minimum Gasteiger partial charge on any atom is -0.335 e. The fraction of sp³-hybridized carbons (Fsp3) is 0.462. The van der Waals surface area contributed by atoms with Crippen LogP contribution in [0, 0.1) is 11.3 Å². The van der Waals surface area contributed by atoms with E-state index in [2.05, 4.69) is 18.8 Å². The summed E-state index contributed by atoms with van der Waals surface area (Å²) in [5.74, 6) is 0.905. The van der Waals surface area contributed by atoms with Gasteiger partial charge in [-0.15, -0.1) is 0 Å². The number of nitriles is 1. The van der Waals surface area contributed by atoms with Gasteiger partial charge in [-0.3, -0.25) is 4.79 Å². The number of thioether (sulfide) groups is 1. The Hall–Kier alpha value is -1.54. The van der Waals surface area contributed by atoms with E-state index in [4.69, 9.17) is 5.26 Å². The highest BCUT2D eigenvalue weighted by molar-refractivity contribution is 8.00. The second kappa shape index (κ2) is 4.99. The van der Waals surface area contributed by atoms with Gasteiger partial charge in [0.25, 0.3) is 5.91 Å². The van der Waals surface area contributed by atoms with Crippen LogP contribution >= 0.6 is 11.8 Å². The van der Waals surface area contributed by atoms with E-state index in [1.165, 1.54) is 6.20 Å². The summed E-state index contributed by atoms with van der Waals surface area (Å²) in [6.07, 6.45) is 1.44. The van der Waals surface area contributed by atoms with Crippen LogP contribution < -0.4 is 0 Å². The second-order valence-corrected chi connectivity index (χ2v) is 6.68. The topological polar surface area (TPSA) is 57.0 Å². The van der Waals surface area contributed by atoms with Gasteiger partial charge < -0.3 is 4.90 Å². The van der Waals surface area contributed by atoms with E-state index in [1.807, 2.05) is 22.7 Å². The van der Waals surface area contributed by atoms with Crippen LogP contribution in [0.4, 0.5) is 0 Å². The van der Waals surface area contributed by atoms with Crippen molar-refractivity contribution in [2.45, 2.75) is 18.6 Å². The number of carbonyl (C=O) groups excluding carboxylic acids is 1. The van der Waals surface area contributed by atoms with E-state index in [0.29, 0.717) is 11.3 Å². The Kier molecular flexibility index (Phi) is 3.58. The number of nitrogens with zero attached hydrogens (tertiary/aromatic N) is 3. The number of pyridine rings is 1. The number of aromatic nitrogens is 1. The minimum absolute atomic E-state index is 0.0483. The number of hydrogen-bond donors (Lipinski definition) is 0. The summed E-state index contributed by atoms with van der Waals surface area (Å²) in [6, 6.07) is 5.24. The Balaban J connectivity index is 2.13.